The van der Waals surface area contributed by atoms with Crippen molar-refractivity contribution in [1.82, 2.24) is 5.43 Å². The number of amides is 1. The van der Waals surface area contributed by atoms with Crippen molar-refractivity contribution in [1.29, 1.82) is 0 Å². The van der Waals surface area contributed by atoms with Gasteiger partial charge in [0.05, 0.1) is 6.21 Å². The fourth-order valence-corrected chi connectivity index (χ4v) is 2.81. The minimum atomic E-state index is -1.89. The Balaban J connectivity index is 1.90. The summed E-state index contributed by atoms with van der Waals surface area (Å²) in [5.41, 5.74) is 2.78. The molecule has 0 fully saturated rings. The van der Waals surface area contributed by atoms with Gasteiger partial charge in [0.15, 0.2) is 5.60 Å². The van der Waals surface area contributed by atoms with Crippen molar-refractivity contribution in [3.05, 3.63) is 101 Å². The molecule has 0 aliphatic heterocycles. The van der Waals surface area contributed by atoms with Crippen LogP contribution in [0.1, 0.15) is 22.3 Å². The topological polar surface area (TPSA) is 81.9 Å². The summed E-state index contributed by atoms with van der Waals surface area (Å²) >= 11 is 0. The molecule has 3 N–H and O–H groups in total. The van der Waals surface area contributed by atoms with Crippen LogP contribution in [0.25, 0.3) is 0 Å². The fraction of sp³-hybridized carbons (Fsp3) is 0.0909. The molecule has 5 nitrogen and oxygen atoms in total. The standard InChI is InChI=1S/C22H20N2O3/c1-16-12-13-20(25)17(14-16)15-23-24-21(26)22(27,18-8-4-2-5-9-18)19-10-6-3-7-11-19/h2-15,25,27H,1H3,(H,24,26)/b23-15+. The summed E-state index contributed by atoms with van der Waals surface area (Å²) in [6.45, 7) is 1.89. The number of hydrogen-bond acceptors (Lipinski definition) is 4. The molecule has 0 radical (unpaired) electrons. The van der Waals surface area contributed by atoms with Crippen LogP contribution in [0.4, 0.5) is 0 Å². The first-order valence-electron chi connectivity index (χ1n) is 8.48. The summed E-state index contributed by atoms with van der Waals surface area (Å²) in [6, 6.07) is 22.4. The Morgan fingerprint density at radius 2 is 1.52 bits per heavy atom. The van der Waals surface area contributed by atoms with E-state index in [2.05, 4.69) is 10.5 Å². The largest absolute Gasteiger partial charge is 0.507 e. The van der Waals surface area contributed by atoms with Gasteiger partial charge in [-0.1, -0.05) is 72.3 Å². The highest BCUT2D eigenvalue weighted by atomic mass is 16.3. The van der Waals surface area contributed by atoms with Crippen molar-refractivity contribution in [3.63, 3.8) is 0 Å². The molecule has 0 aliphatic rings. The number of nitrogens with zero attached hydrogens (tertiary/aromatic N) is 1. The Bertz CT molecular complexity index is 914. The highest BCUT2D eigenvalue weighted by molar-refractivity contribution is 5.91. The number of hydrazone groups is 1. The average molecular weight is 360 g/mol. The van der Waals surface area contributed by atoms with Crippen molar-refractivity contribution < 1.29 is 15.0 Å². The number of aryl methyl sites for hydroxylation is 1. The van der Waals surface area contributed by atoms with Crippen LogP contribution < -0.4 is 5.43 Å². The van der Waals surface area contributed by atoms with E-state index in [-0.39, 0.29) is 5.75 Å². The Labute approximate surface area is 157 Å². The normalized spacial score (nSPS) is 11.5. The van der Waals surface area contributed by atoms with Gasteiger partial charge in [-0.25, -0.2) is 5.43 Å². The van der Waals surface area contributed by atoms with E-state index in [1.54, 1.807) is 66.7 Å². The quantitative estimate of drug-likeness (QED) is 0.483. The lowest BCUT2D eigenvalue weighted by Crippen LogP contribution is -2.43. The first kappa shape index (κ1) is 18.4. The Hall–Kier alpha value is -3.44. The highest BCUT2D eigenvalue weighted by Crippen LogP contribution is 2.29. The summed E-state index contributed by atoms with van der Waals surface area (Å²) in [6.07, 6.45) is 1.34. The molecule has 0 bridgehead atoms. The van der Waals surface area contributed by atoms with Crippen molar-refractivity contribution in [2.45, 2.75) is 12.5 Å². The van der Waals surface area contributed by atoms with Crippen LogP contribution in [0.3, 0.4) is 0 Å². The molecular formula is C22H20N2O3. The van der Waals surface area contributed by atoms with E-state index in [1.807, 2.05) is 19.1 Å². The van der Waals surface area contributed by atoms with Crippen molar-refractivity contribution >= 4 is 12.1 Å². The molecular weight excluding hydrogens is 340 g/mol. The van der Waals surface area contributed by atoms with Gasteiger partial charge in [0.2, 0.25) is 0 Å². The van der Waals surface area contributed by atoms with Gasteiger partial charge in [-0.3, -0.25) is 4.79 Å². The number of nitrogens with one attached hydrogen (secondary N) is 1. The molecule has 3 aromatic carbocycles. The predicted octanol–water partition coefficient (Wildman–Crippen LogP) is 3.09. The molecule has 0 spiro atoms. The molecule has 3 rings (SSSR count). The minimum absolute atomic E-state index is 0.0555. The SMILES string of the molecule is Cc1ccc(O)c(/C=N/NC(=O)C(O)(c2ccccc2)c2ccccc2)c1. The zero-order valence-corrected chi connectivity index (χ0v) is 14.8. The van der Waals surface area contributed by atoms with E-state index in [0.29, 0.717) is 16.7 Å². The number of aliphatic hydroxyl groups is 1. The van der Waals surface area contributed by atoms with Gasteiger partial charge >= 0.3 is 0 Å². The Morgan fingerprint density at radius 1 is 0.963 bits per heavy atom. The molecule has 136 valence electrons. The maximum Gasteiger partial charge on any atom is 0.281 e. The molecule has 5 heteroatoms. The third-order valence-electron chi connectivity index (χ3n) is 4.26. The first-order valence-corrected chi connectivity index (χ1v) is 8.48. The molecule has 0 aliphatic carbocycles. The molecule has 0 heterocycles. The predicted molar refractivity (Wildman–Crippen MR) is 104 cm³/mol. The number of carbonyl (C=O) groups excluding carboxylic acids is 1. The number of rotatable bonds is 5. The molecule has 3 aromatic rings. The lowest BCUT2D eigenvalue weighted by Gasteiger charge is -2.27. The monoisotopic (exact) mass is 360 g/mol. The van der Waals surface area contributed by atoms with Gasteiger partial charge in [-0.05, 0) is 30.2 Å². The van der Waals surface area contributed by atoms with Crippen molar-refractivity contribution in [3.8, 4) is 5.75 Å². The lowest BCUT2D eigenvalue weighted by atomic mass is 9.85. The second kappa shape index (κ2) is 7.85. The molecule has 27 heavy (non-hydrogen) atoms. The van der Waals surface area contributed by atoms with Crippen LogP contribution in [0.15, 0.2) is 84.0 Å². The van der Waals surface area contributed by atoms with E-state index in [0.717, 1.165) is 5.56 Å². The second-order valence-electron chi connectivity index (χ2n) is 6.20. The van der Waals surface area contributed by atoms with Crippen LogP contribution in [0, 0.1) is 6.92 Å². The average Bonchev–Trinajstić information content (AvgIpc) is 2.71. The summed E-state index contributed by atoms with van der Waals surface area (Å²) in [4.78, 5) is 12.9. The van der Waals surface area contributed by atoms with Gasteiger partial charge in [0.25, 0.3) is 5.91 Å². The van der Waals surface area contributed by atoms with Crippen molar-refractivity contribution in [2.24, 2.45) is 5.10 Å². The Kier molecular flexibility index (Phi) is 5.33. The Morgan fingerprint density at radius 3 is 2.07 bits per heavy atom. The number of carbonyl (C=O) groups is 1. The smallest absolute Gasteiger partial charge is 0.281 e. The van der Waals surface area contributed by atoms with Crippen LogP contribution in [0.2, 0.25) is 0 Å². The summed E-state index contributed by atoms with van der Waals surface area (Å²) in [5, 5.41) is 25.1. The number of phenols is 1. The zero-order chi connectivity index (χ0) is 19.3. The van der Waals surface area contributed by atoms with Crippen LogP contribution >= 0.6 is 0 Å². The number of aromatic hydroxyl groups is 1. The van der Waals surface area contributed by atoms with E-state index in [9.17, 15) is 15.0 Å². The second-order valence-corrected chi connectivity index (χ2v) is 6.20. The molecule has 0 saturated heterocycles. The molecule has 0 unspecified atom stereocenters. The van der Waals surface area contributed by atoms with Gasteiger partial charge in [-0.15, -0.1) is 0 Å². The maximum atomic E-state index is 12.9. The zero-order valence-electron chi connectivity index (χ0n) is 14.8. The van der Waals surface area contributed by atoms with Gasteiger partial charge in [0, 0.05) is 5.56 Å². The summed E-state index contributed by atoms with van der Waals surface area (Å²) < 4.78 is 0. The lowest BCUT2D eigenvalue weighted by molar-refractivity contribution is -0.136. The van der Waals surface area contributed by atoms with Crippen LogP contribution in [0.5, 0.6) is 5.75 Å². The van der Waals surface area contributed by atoms with Gasteiger partial charge in [-0.2, -0.15) is 5.10 Å². The molecule has 0 saturated carbocycles. The number of benzene rings is 3. The third-order valence-corrected chi connectivity index (χ3v) is 4.26. The van der Waals surface area contributed by atoms with E-state index in [1.165, 1.54) is 6.21 Å². The summed E-state index contributed by atoms with van der Waals surface area (Å²) in [5.74, 6) is -0.636. The molecule has 0 atom stereocenters. The number of phenolic OH excluding ortho intramolecular Hbond substituents is 1. The highest BCUT2D eigenvalue weighted by Gasteiger charge is 2.39. The van der Waals surface area contributed by atoms with Crippen LogP contribution in [-0.4, -0.2) is 22.3 Å². The van der Waals surface area contributed by atoms with Crippen LogP contribution in [-0.2, 0) is 10.4 Å². The van der Waals surface area contributed by atoms with E-state index < -0.39 is 11.5 Å². The fourth-order valence-electron chi connectivity index (χ4n) is 2.81. The van der Waals surface area contributed by atoms with E-state index >= 15 is 0 Å². The number of hydrogen-bond donors (Lipinski definition) is 3. The third kappa shape index (κ3) is 3.88. The molecule has 0 aromatic heterocycles. The van der Waals surface area contributed by atoms with E-state index in [4.69, 9.17) is 0 Å². The van der Waals surface area contributed by atoms with Gasteiger partial charge < -0.3 is 10.2 Å². The minimum Gasteiger partial charge on any atom is -0.507 e. The van der Waals surface area contributed by atoms with Crippen molar-refractivity contribution in [2.75, 3.05) is 0 Å². The van der Waals surface area contributed by atoms with Gasteiger partial charge in [0.1, 0.15) is 5.75 Å². The molecule has 1 amide bonds. The summed E-state index contributed by atoms with van der Waals surface area (Å²) in [7, 11) is 0. The maximum absolute atomic E-state index is 12.9. The first-order chi connectivity index (χ1) is 13.0.